The zero-order valence-electron chi connectivity index (χ0n) is 11.4. The van der Waals surface area contributed by atoms with Crippen LogP contribution in [0.1, 0.15) is 25.0 Å². The van der Waals surface area contributed by atoms with Crippen LogP contribution in [0.25, 0.3) is 0 Å². The maximum absolute atomic E-state index is 11.2. The Kier molecular flexibility index (Phi) is 3.68. The monoisotopic (exact) mass is 284 g/mol. The molecule has 0 saturated heterocycles. The number of hydrogen-bond acceptors (Lipinski definition) is 6. The van der Waals surface area contributed by atoms with Crippen LogP contribution in [0.15, 0.2) is 36.8 Å². The summed E-state index contributed by atoms with van der Waals surface area (Å²) >= 11 is 0. The molecule has 3 rings (SSSR count). The highest BCUT2D eigenvalue weighted by molar-refractivity contribution is 6.61. The lowest BCUT2D eigenvalue weighted by atomic mass is 9.79. The lowest BCUT2D eigenvalue weighted by Crippen LogP contribution is -2.28. The summed E-state index contributed by atoms with van der Waals surface area (Å²) in [4.78, 5) is 19.2. The van der Waals surface area contributed by atoms with Gasteiger partial charge in [0.05, 0.1) is 12.3 Å². The maximum atomic E-state index is 11.2. The van der Waals surface area contributed by atoms with Crippen LogP contribution in [0.2, 0.25) is 0 Å². The number of benzene rings is 1. The van der Waals surface area contributed by atoms with E-state index in [-0.39, 0.29) is 12.2 Å². The van der Waals surface area contributed by atoms with E-state index < -0.39 is 13.2 Å². The molecule has 0 saturated carbocycles. The number of hydrogen-bond donors (Lipinski definition) is 1. The van der Waals surface area contributed by atoms with E-state index in [9.17, 15) is 9.82 Å². The van der Waals surface area contributed by atoms with Crippen molar-refractivity contribution in [2.45, 2.75) is 19.4 Å². The first-order valence-electron chi connectivity index (χ1n) is 6.54. The molecule has 1 aromatic carbocycles. The van der Waals surface area contributed by atoms with Gasteiger partial charge in [-0.2, -0.15) is 0 Å². The summed E-state index contributed by atoms with van der Waals surface area (Å²) in [5.41, 5.74) is 1.42. The van der Waals surface area contributed by atoms with Crippen molar-refractivity contribution in [2.24, 2.45) is 0 Å². The number of ketones is 1. The third-order valence-corrected chi connectivity index (χ3v) is 3.20. The van der Waals surface area contributed by atoms with E-state index in [0.29, 0.717) is 17.1 Å². The van der Waals surface area contributed by atoms with Crippen LogP contribution in [0.4, 0.5) is 0 Å². The van der Waals surface area contributed by atoms with Gasteiger partial charge in [-0.25, -0.2) is 4.98 Å². The molecule has 1 unspecified atom stereocenters. The van der Waals surface area contributed by atoms with E-state index in [1.54, 1.807) is 24.4 Å². The fraction of sp³-hybridized carbons (Fsp3) is 0.214. The van der Waals surface area contributed by atoms with E-state index in [4.69, 9.17) is 9.39 Å². The number of Topliss-reactive ketones (excluding diaryl/α,β-unsaturated/α-hetero) is 1. The Labute approximate surface area is 121 Å². The van der Waals surface area contributed by atoms with Crippen molar-refractivity contribution in [3.05, 3.63) is 42.4 Å². The van der Waals surface area contributed by atoms with E-state index in [0.717, 1.165) is 5.56 Å². The summed E-state index contributed by atoms with van der Waals surface area (Å²) in [6.07, 6.45) is 4.42. The molecule has 6 nitrogen and oxygen atoms in total. The van der Waals surface area contributed by atoms with Crippen molar-refractivity contribution < 1.29 is 19.2 Å². The first kappa shape index (κ1) is 13.7. The van der Waals surface area contributed by atoms with Gasteiger partial charge in [0.15, 0.2) is 0 Å². The van der Waals surface area contributed by atoms with Gasteiger partial charge in [0.2, 0.25) is 5.88 Å². The Morgan fingerprint density at radius 3 is 3.05 bits per heavy atom. The maximum Gasteiger partial charge on any atom is 0.492 e. The third kappa shape index (κ3) is 2.93. The number of rotatable bonds is 4. The van der Waals surface area contributed by atoms with Crippen molar-refractivity contribution in [2.75, 3.05) is 0 Å². The summed E-state index contributed by atoms with van der Waals surface area (Å²) in [5, 5.41) is 9.94. The highest BCUT2D eigenvalue weighted by Crippen LogP contribution is 2.29. The molecule has 1 N–H and O–H groups in total. The van der Waals surface area contributed by atoms with E-state index in [1.165, 1.54) is 19.3 Å². The standard InChI is InChI=1S/C14H13BN2O4/c1-9(18)6-13-11-3-2-10(7-12(11)15(19)21-13)20-14-8-16-4-5-17-14/h2-5,7-8,13,19H,6H2,1H3. The largest absolute Gasteiger partial charge is 0.492 e. The SMILES string of the molecule is CC(=O)CC1OB(O)c2cc(Oc3cnccn3)ccc21. The minimum atomic E-state index is -1.05. The van der Waals surface area contributed by atoms with Crippen molar-refractivity contribution in [3.63, 3.8) is 0 Å². The van der Waals surface area contributed by atoms with Gasteiger partial charge in [-0.05, 0) is 30.1 Å². The van der Waals surface area contributed by atoms with Crippen molar-refractivity contribution in [1.82, 2.24) is 9.97 Å². The molecule has 1 atom stereocenters. The average Bonchev–Trinajstić information content (AvgIpc) is 2.75. The molecule has 0 amide bonds. The highest BCUT2D eigenvalue weighted by atomic mass is 16.5. The molecular weight excluding hydrogens is 271 g/mol. The second-order valence-electron chi connectivity index (χ2n) is 4.82. The Hall–Kier alpha value is -2.25. The summed E-state index contributed by atoms with van der Waals surface area (Å²) in [6, 6.07) is 5.24. The molecule has 1 aliphatic heterocycles. The van der Waals surface area contributed by atoms with Crippen LogP contribution in [0.5, 0.6) is 11.6 Å². The summed E-state index contributed by atoms with van der Waals surface area (Å²) < 4.78 is 11.0. The molecule has 2 aromatic rings. The summed E-state index contributed by atoms with van der Waals surface area (Å²) in [7, 11) is -1.05. The minimum absolute atomic E-state index is 0.0138. The van der Waals surface area contributed by atoms with Gasteiger partial charge in [-0.3, -0.25) is 9.78 Å². The van der Waals surface area contributed by atoms with Crippen molar-refractivity contribution in [3.8, 4) is 11.6 Å². The minimum Gasteiger partial charge on any atom is -0.438 e. The van der Waals surface area contributed by atoms with Gasteiger partial charge in [-0.1, -0.05) is 6.07 Å². The van der Waals surface area contributed by atoms with Crippen LogP contribution >= 0.6 is 0 Å². The van der Waals surface area contributed by atoms with E-state index >= 15 is 0 Å². The predicted octanol–water partition coefficient (Wildman–Crippen LogP) is 1.01. The van der Waals surface area contributed by atoms with Crippen LogP contribution in [0, 0.1) is 0 Å². The average molecular weight is 284 g/mol. The van der Waals surface area contributed by atoms with E-state index in [1.807, 2.05) is 0 Å². The van der Waals surface area contributed by atoms with Gasteiger partial charge >= 0.3 is 7.12 Å². The number of aromatic nitrogens is 2. The normalized spacial score (nSPS) is 16.7. The molecule has 1 aliphatic rings. The number of carbonyl (C=O) groups excluding carboxylic acids is 1. The molecule has 0 fully saturated rings. The van der Waals surface area contributed by atoms with Crippen LogP contribution in [-0.4, -0.2) is 27.9 Å². The van der Waals surface area contributed by atoms with Crippen molar-refractivity contribution >= 4 is 18.4 Å². The van der Waals surface area contributed by atoms with Gasteiger partial charge in [-0.15, -0.1) is 0 Å². The molecule has 0 radical (unpaired) electrons. The molecule has 21 heavy (non-hydrogen) atoms. The second-order valence-corrected chi connectivity index (χ2v) is 4.82. The molecule has 106 valence electrons. The van der Waals surface area contributed by atoms with Crippen molar-refractivity contribution in [1.29, 1.82) is 0 Å². The third-order valence-electron chi connectivity index (χ3n) is 3.20. The zero-order valence-corrected chi connectivity index (χ0v) is 11.4. The molecule has 0 aliphatic carbocycles. The number of carbonyl (C=O) groups is 1. The number of nitrogens with zero attached hydrogens (tertiary/aromatic N) is 2. The first-order chi connectivity index (χ1) is 10.1. The Morgan fingerprint density at radius 2 is 2.33 bits per heavy atom. The zero-order chi connectivity index (χ0) is 14.8. The van der Waals surface area contributed by atoms with Crippen LogP contribution in [0.3, 0.4) is 0 Å². The van der Waals surface area contributed by atoms with Crippen LogP contribution < -0.4 is 10.2 Å². The number of fused-ring (bicyclic) bond motifs is 1. The molecular formula is C14H13BN2O4. The fourth-order valence-electron chi connectivity index (χ4n) is 2.30. The lowest BCUT2D eigenvalue weighted by molar-refractivity contribution is -0.118. The Morgan fingerprint density at radius 1 is 1.48 bits per heavy atom. The molecule has 7 heteroatoms. The molecule has 0 bridgehead atoms. The molecule has 0 spiro atoms. The van der Waals surface area contributed by atoms with Gasteiger partial charge in [0, 0.05) is 18.8 Å². The summed E-state index contributed by atoms with van der Waals surface area (Å²) in [6.45, 7) is 1.50. The van der Waals surface area contributed by atoms with Gasteiger partial charge < -0.3 is 14.4 Å². The summed E-state index contributed by atoms with van der Waals surface area (Å²) in [5.74, 6) is 0.909. The topological polar surface area (TPSA) is 81.5 Å². The first-order valence-corrected chi connectivity index (χ1v) is 6.54. The van der Waals surface area contributed by atoms with Gasteiger partial charge in [0.1, 0.15) is 11.5 Å². The highest BCUT2D eigenvalue weighted by Gasteiger charge is 2.35. The van der Waals surface area contributed by atoms with E-state index in [2.05, 4.69) is 9.97 Å². The fourth-order valence-corrected chi connectivity index (χ4v) is 2.30. The lowest BCUT2D eigenvalue weighted by Gasteiger charge is -2.10. The Bertz CT molecular complexity index is 665. The smallest absolute Gasteiger partial charge is 0.438 e. The number of ether oxygens (including phenoxy) is 1. The molecule has 1 aromatic heterocycles. The second kappa shape index (κ2) is 5.63. The van der Waals surface area contributed by atoms with Crippen LogP contribution in [-0.2, 0) is 9.45 Å². The molecule has 2 heterocycles. The predicted molar refractivity (Wildman–Crippen MR) is 75.3 cm³/mol. The Balaban J connectivity index is 1.85. The quantitative estimate of drug-likeness (QED) is 0.844. The van der Waals surface area contributed by atoms with Gasteiger partial charge in [0.25, 0.3) is 0 Å².